The number of rotatable bonds is 5. The van der Waals surface area contributed by atoms with Gasteiger partial charge in [0, 0.05) is 44.3 Å². The number of hydrogen-bond acceptors (Lipinski definition) is 3. The van der Waals surface area contributed by atoms with Gasteiger partial charge in [-0.15, -0.1) is 0 Å². The minimum atomic E-state index is 0.266. The first-order valence-corrected chi connectivity index (χ1v) is 9.96. The summed E-state index contributed by atoms with van der Waals surface area (Å²) >= 11 is 6.29. The maximum absolute atomic E-state index is 6.29. The van der Waals surface area contributed by atoms with Crippen LogP contribution in [0.1, 0.15) is 24.8 Å². The molecule has 5 nitrogen and oxygen atoms in total. The number of halogens is 1. The zero-order chi connectivity index (χ0) is 18.7. The molecule has 6 heteroatoms. The van der Waals surface area contributed by atoms with Gasteiger partial charge in [0.15, 0.2) is 5.96 Å². The van der Waals surface area contributed by atoms with E-state index < -0.39 is 0 Å². The van der Waals surface area contributed by atoms with Crippen LogP contribution < -0.4 is 15.5 Å². The van der Waals surface area contributed by atoms with Crippen molar-refractivity contribution in [3.05, 3.63) is 59.2 Å². The van der Waals surface area contributed by atoms with E-state index in [-0.39, 0.29) is 5.41 Å². The molecule has 1 saturated carbocycles. The van der Waals surface area contributed by atoms with Crippen molar-refractivity contribution in [3.8, 4) is 0 Å². The summed E-state index contributed by atoms with van der Waals surface area (Å²) in [6.07, 6.45) is 5.30. The molecule has 4 rings (SSSR count). The molecule has 1 unspecified atom stereocenters. The second-order valence-electron chi connectivity index (χ2n) is 7.46. The van der Waals surface area contributed by atoms with E-state index in [0.717, 1.165) is 37.8 Å². The Labute approximate surface area is 165 Å². The van der Waals surface area contributed by atoms with E-state index in [0.29, 0.717) is 11.1 Å². The van der Waals surface area contributed by atoms with E-state index in [1.54, 1.807) is 6.20 Å². The number of pyridine rings is 1. The van der Waals surface area contributed by atoms with E-state index in [1.807, 2.05) is 19.2 Å². The summed E-state index contributed by atoms with van der Waals surface area (Å²) < 4.78 is 0. The lowest BCUT2D eigenvalue weighted by Crippen LogP contribution is -2.46. The SMILES string of the molecule is CN=C(NCC1(c2ccccc2)CC1)NC1CCN(c2ncccc2Cl)C1. The Kier molecular flexibility index (Phi) is 5.21. The standard InChI is InChI=1S/C21H26ClN5/c1-23-20(25-15-21(10-11-21)16-6-3-2-4-7-16)26-17-9-13-27(14-17)19-18(22)8-5-12-24-19/h2-8,12,17H,9-11,13-15H2,1H3,(H2,23,25,26). The third-order valence-electron chi connectivity index (χ3n) is 5.63. The number of nitrogens with zero attached hydrogens (tertiary/aromatic N) is 3. The number of anilines is 1. The molecule has 2 N–H and O–H groups in total. The van der Waals surface area contributed by atoms with Gasteiger partial charge in [0.1, 0.15) is 5.82 Å². The fourth-order valence-electron chi connectivity index (χ4n) is 3.83. The van der Waals surface area contributed by atoms with Crippen LogP contribution in [0.2, 0.25) is 5.02 Å². The molecule has 0 radical (unpaired) electrons. The summed E-state index contributed by atoms with van der Waals surface area (Å²) in [6.45, 7) is 2.74. The summed E-state index contributed by atoms with van der Waals surface area (Å²) in [5, 5.41) is 7.81. The molecule has 1 atom stereocenters. The lowest BCUT2D eigenvalue weighted by atomic mass is 9.96. The number of aliphatic imine (C=N–C) groups is 1. The van der Waals surface area contributed by atoms with Gasteiger partial charge in [-0.3, -0.25) is 4.99 Å². The quantitative estimate of drug-likeness (QED) is 0.615. The third-order valence-corrected chi connectivity index (χ3v) is 5.92. The summed E-state index contributed by atoms with van der Waals surface area (Å²) in [4.78, 5) is 11.1. The Bertz CT molecular complexity index is 803. The van der Waals surface area contributed by atoms with E-state index in [4.69, 9.17) is 11.6 Å². The van der Waals surface area contributed by atoms with Crippen molar-refractivity contribution in [1.29, 1.82) is 0 Å². The van der Waals surface area contributed by atoms with Crippen LogP contribution in [-0.4, -0.2) is 43.7 Å². The second kappa shape index (κ2) is 7.77. The van der Waals surface area contributed by atoms with Crippen LogP contribution in [-0.2, 0) is 5.41 Å². The molecular formula is C21H26ClN5. The number of hydrogen-bond donors (Lipinski definition) is 2. The highest BCUT2D eigenvalue weighted by Gasteiger charge is 2.44. The molecule has 1 saturated heterocycles. The monoisotopic (exact) mass is 383 g/mol. The zero-order valence-corrected chi connectivity index (χ0v) is 16.4. The first-order chi connectivity index (χ1) is 13.2. The van der Waals surface area contributed by atoms with E-state index in [2.05, 4.69) is 55.8 Å². The predicted molar refractivity (Wildman–Crippen MR) is 112 cm³/mol. The number of benzene rings is 1. The van der Waals surface area contributed by atoms with Crippen molar-refractivity contribution in [2.75, 3.05) is 31.6 Å². The maximum atomic E-state index is 6.29. The van der Waals surface area contributed by atoms with Gasteiger partial charge in [0.2, 0.25) is 0 Å². The predicted octanol–water partition coefficient (Wildman–Crippen LogP) is 3.21. The van der Waals surface area contributed by atoms with Crippen molar-refractivity contribution in [1.82, 2.24) is 15.6 Å². The smallest absolute Gasteiger partial charge is 0.191 e. The molecule has 2 heterocycles. The molecule has 0 amide bonds. The van der Waals surface area contributed by atoms with Crippen LogP contribution in [0, 0.1) is 0 Å². The summed E-state index contributed by atoms with van der Waals surface area (Å²) in [7, 11) is 1.83. The fourth-order valence-corrected chi connectivity index (χ4v) is 4.07. The van der Waals surface area contributed by atoms with Crippen molar-refractivity contribution in [2.45, 2.75) is 30.7 Å². The molecular weight excluding hydrogens is 358 g/mol. The van der Waals surface area contributed by atoms with Crippen LogP contribution in [0.5, 0.6) is 0 Å². The molecule has 1 aromatic carbocycles. The van der Waals surface area contributed by atoms with Gasteiger partial charge in [-0.25, -0.2) is 4.98 Å². The number of nitrogens with one attached hydrogen (secondary N) is 2. The summed E-state index contributed by atoms with van der Waals surface area (Å²) in [5.74, 6) is 1.74. The molecule has 2 aromatic rings. The second-order valence-corrected chi connectivity index (χ2v) is 7.86. The highest BCUT2D eigenvalue weighted by molar-refractivity contribution is 6.32. The Balaban J connectivity index is 1.32. The van der Waals surface area contributed by atoms with Gasteiger partial charge in [0.05, 0.1) is 5.02 Å². The van der Waals surface area contributed by atoms with Crippen LogP contribution in [0.15, 0.2) is 53.7 Å². The Morgan fingerprint density at radius 3 is 2.78 bits per heavy atom. The topological polar surface area (TPSA) is 52.6 Å². The van der Waals surface area contributed by atoms with Crippen LogP contribution in [0.4, 0.5) is 5.82 Å². The zero-order valence-electron chi connectivity index (χ0n) is 15.7. The largest absolute Gasteiger partial charge is 0.356 e. The fraction of sp³-hybridized carbons (Fsp3) is 0.429. The minimum Gasteiger partial charge on any atom is -0.356 e. The first-order valence-electron chi connectivity index (χ1n) is 9.58. The molecule has 27 heavy (non-hydrogen) atoms. The molecule has 2 fully saturated rings. The van der Waals surface area contributed by atoms with Crippen molar-refractivity contribution < 1.29 is 0 Å². The number of guanidine groups is 1. The Morgan fingerprint density at radius 2 is 2.07 bits per heavy atom. The third kappa shape index (κ3) is 4.03. The summed E-state index contributed by atoms with van der Waals surface area (Å²) in [6, 6.07) is 14.9. The lowest BCUT2D eigenvalue weighted by molar-refractivity contribution is 0.613. The Morgan fingerprint density at radius 1 is 1.26 bits per heavy atom. The molecule has 142 valence electrons. The van der Waals surface area contributed by atoms with Gasteiger partial charge < -0.3 is 15.5 Å². The van der Waals surface area contributed by atoms with Gasteiger partial charge in [-0.1, -0.05) is 41.9 Å². The molecule has 1 aliphatic carbocycles. The molecule has 0 spiro atoms. The maximum Gasteiger partial charge on any atom is 0.191 e. The first kappa shape index (κ1) is 18.1. The normalized spacial score (nSPS) is 21.2. The average Bonchev–Trinajstić information content (AvgIpc) is 3.37. The van der Waals surface area contributed by atoms with Crippen molar-refractivity contribution in [3.63, 3.8) is 0 Å². The van der Waals surface area contributed by atoms with E-state index in [1.165, 1.54) is 18.4 Å². The minimum absolute atomic E-state index is 0.266. The number of aromatic nitrogens is 1. The molecule has 0 bridgehead atoms. The van der Waals surface area contributed by atoms with Gasteiger partial charge in [-0.2, -0.15) is 0 Å². The molecule has 1 aliphatic heterocycles. The highest BCUT2D eigenvalue weighted by atomic mass is 35.5. The average molecular weight is 384 g/mol. The van der Waals surface area contributed by atoms with Gasteiger partial charge in [0.25, 0.3) is 0 Å². The lowest BCUT2D eigenvalue weighted by Gasteiger charge is -2.22. The highest BCUT2D eigenvalue weighted by Crippen LogP contribution is 2.47. The summed E-state index contributed by atoms with van der Waals surface area (Å²) in [5.41, 5.74) is 1.69. The van der Waals surface area contributed by atoms with Crippen molar-refractivity contribution in [2.24, 2.45) is 4.99 Å². The Hall–Kier alpha value is -2.27. The van der Waals surface area contributed by atoms with Crippen LogP contribution in [0.3, 0.4) is 0 Å². The van der Waals surface area contributed by atoms with E-state index >= 15 is 0 Å². The van der Waals surface area contributed by atoms with Gasteiger partial charge in [-0.05, 0) is 37.0 Å². The van der Waals surface area contributed by atoms with Crippen molar-refractivity contribution >= 4 is 23.4 Å². The van der Waals surface area contributed by atoms with Crippen LogP contribution in [0.25, 0.3) is 0 Å². The van der Waals surface area contributed by atoms with Gasteiger partial charge >= 0.3 is 0 Å². The molecule has 1 aromatic heterocycles. The van der Waals surface area contributed by atoms with Crippen LogP contribution >= 0.6 is 11.6 Å². The molecule has 2 aliphatic rings. The van der Waals surface area contributed by atoms with E-state index in [9.17, 15) is 0 Å².